The lowest BCUT2D eigenvalue weighted by atomic mass is 9.91. The first-order valence-electron chi connectivity index (χ1n) is 12.8. The quantitative estimate of drug-likeness (QED) is 0.397. The van der Waals surface area contributed by atoms with E-state index in [0.717, 1.165) is 31.2 Å². The number of carbonyl (C=O) groups is 1. The number of rotatable bonds is 4. The molecular weight excluding hydrogens is 509 g/mol. The van der Waals surface area contributed by atoms with Gasteiger partial charge in [0.25, 0.3) is 0 Å². The molecule has 5 heterocycles. The molecular formula is C28H27F3N6O2. The number of aromatic nitrogens is 4. The highest BCUT2D eigenvalue weighted by atomic mass is 19.4. The summed E-state index contributed by atoms with van der Waals surface area (Å²) in [5, 5.41) is 11.2. The summed E-state index contributed by atoms with van der Waals surface area (Å²) in [5.74, 6) is 1.33. The number of nitrogens with zero attached hydrogens (tertiary/aromatic N) is 5. The molecule has 8 nitrogen and oxygen atoms in total. The van der Waals surface area contributed by atoms with Crippen LogP contribution < -0.4 is 5.73 Å². The maximum Gasteiger partial charge on any atom is 0.433 e. The number of hydrogen-bond acceptors (Lipinski definition) is 6. The molecule has 2 aliphatic rings. The van der Waals surface area contributed by atoms with E-state index in [4.69, 9.17) is 10.7 Å². The molecule has 4 aromatic rings. The van der Waals surface area contributed by atoms with Crippen molar-refractivity contribution in [3.05, 3.63) is 77.6 Å². The normalized spacial score (nSPS) is 21.3. The van der Waals surface area contributed by atoms with Crippen molar-refractivity contribution in [2.75, 3.05) is 12.3 Å². The first-order chi connectivity index (χ1) is 18.5. The first-order valence-corrected chi connectivity index (χ1v) is 12.8. The summed E-state index contributed by atoms with van der Waals surface area (Å²) in [7, 11) is 0. The van der Waals surface area contributed by atoms with Crippen LogP contribution in [-0.4, -0.2) is 47.9 Å². The predicted molar refractivity (Wildman–Crippen MR) is 137 cm³/mol. The minimum atomic E-state index is -4.62. The van der Waals surface area contributed by atoms with Gasteiger partial charge in [0.1, 0.15) is 34.1 Å². The summed E-state index contributed by atoms with van der Waals surface area (Å²) >= 11 is 0. The lowest BCUT2D eigenvalue weighted by Gasteiger charge is -2.34. The van der Waals surface area contributed by atoms with Crippen molar-refractivity contribution >= 4 is 17.2 Å². The number of imidazole rings is 1. The van der Waals surface area contributed by atoms with Gasteiger partial charge in [-0.1, -0.05) is 30.3 Å². The maximum atomic E-state index is 13.2. The second-order valence-corrected chi connectivity index (χ2v) is 10.4. The first kappa shape index (κ1) is 25.3. The third-order valence-electron chi connectivity index (χ3n) is 7.95. The molecule has 1 aromatic carbocycles. The lowest BCUT2D eigenvalue weighted by Crippen LogP contribution is -2.41. The Kier molecular flexibility index (Phi) is 5.87. The van der Waals surface area contributed by atoms with Crippen molar-refractivity contribution in [2.24, 2.45) is 0 Å². The third-order valence-corrected chi connectivity index (χ3v) is 7.95. The highest BCUT2D eigenvalue weighted by Crippen LogP contribution is 2.39. The van der Waals surface area contributed by atoms with Crippen LogP contribution in [0.2, 0.25) is 0 Å². The van der Waals surface area contributed by atoms with Gasteiger partial charge in [-0.25, -0.2) is 15.0 Å². The molecule has 39 heavy (non-hydrogen) atoms. The fraction of sp³-hybridized carbons (Fsp3) is 0.357. The molecule has 3 atom stereocenters. The van der Waals surface area contributed by atoms with Gasteiger partial charge in [-0.3, -0.25) is 9.20 Å². The van der Waals surface area contributed by atoms with E-state index in [9.17, 15) is 23.1 Å². The highest BCUT2D eigenvalue weighted by molar-refractivity contribution is 5.85. The summed E-state index contributed by atoms with van der Waals surface area (Å²) in [6.45, 7) is 2.02. The van der Waals surface area contributed by atoms with Crippen LogP contribution in [0.3, 0.4) is 0 Å². The zero-order chi connectivity index (χ0) is 27.5. The monoisotopic (exact) mass is 536 g/mol. The number of nitrogen functional groups attached to an aromatic ring is 1. The van der Waals surface area contributed by atoms with E-state index in [0.29, 0.717) is 47.2 Å². The van der Waals surface area contributed by atoms with Crippen LogP contribution in [0.1, 0.15) is 61.3 Å². The number of fused-ring (bicyclic) bond motifs is 2. The average molecular weight is 537 g/mol. The molecule has 11 heteroatoms. The molecule has 0 bridgehead atoms. The number of aliphatic hydroxyl groups is 1. The van der Waals surface area contributed by atoms with Crippen molar-refractivity contribution in [1.29, 1.82) is 0 Å². The Labute approximate surface area is 222 Å². The molecule has 0 spiro atoms. The molecule has 6 rings (SSSR count). The molecule has 0 radical (unpaired) electrons. The lowest BCUT2D eigenvalue weighted by molar-refractivity contribution is -0.141. The van der Waals surface area contributed by atoms with Crippen molar-refractivity contribution in [2.45, 2.75) is 56.3 Å². The number of anilines is 1. The molecule has 3 N–H and O–H groups in total. The molecule has 0 aliphatic carbocycles. The van der Waals surface area contributed by atoms with Crippen LogP contribution in [0.4, 0.5) is 19.0 Å². The highest BCUT2D eigenvalue weighted by Gasteiger charge is 2.39. The summed E-state index contributed by atoms with van der Waals surface area (Å²) in [6.07, 6.45) is 2.14. The SMILES string of the molecule is CC(O)(c1ccc(-c2nc([C@@H]3CC[C@H]4CCC(=O)N4C3)n3ccnc(N)c23)cc1)c1cccc(C(F)(F)F)n1. The van der Waals surface area contributed by atoms with Gasteiger partial charge < -0.3 is 15.7 Å². The van der Waals surface area contributed by atoms with Crippen LogP contribution in [-0.2, 0) is 16.6 Å². The van der Waals surface area contributed by atoms with E-state index in [1.54, 1.807) is 30.5 Å². The van der Waals surface area contributed by atoms with Crippen molar-refractivity contribution in [3.8, 4) is 11.3 Å². The smallest absolute Gasteiger partial charge is 0.382 e. The Bertz CT molecular complexity index is 1560. The van der Waals surface area contributed by atoms with Gasteiger partial charge in [-0.2, -0.15) is 13.2 Å². The Morgan fingerprint density at radius 1 is 1.03 bits per heavy atom. The van der Waals surface area contributed by atoms with E-state index >= 15 is 0 Å². The number of amides is 1. The Morgan fingerprint density at radius 2 is 1.77 bits per heavy atom. The van der Waals surface area contributed by atoms with Crippen LogP contribution in [0.15, 0.2) is 54.9 Å². The molecule has 2 aliphatic heterocycles. The second kappa shape index (κ2) is 9.04. The molecule has 0 saturated carbocycles. The number of hydrogen-bond donors (Lipinski definition) is 2. The molecule has 202 valence electrons. The molecule has 2 saturated heterocycles. The summed E-state index contributed by atoms with van der Waals surface area (Å²) in [6, 6.07) is 10.5. The zero-order valence-electron chi connectivity index (χ0n) is 21.2. The summed E-state index contributed by atoms with van der Waals surface area (Å²) in [4.78, 5) is 27.3. The van der Waals surface area contributed by atoms with Gasteiger partial charge in [0.05, 0.1) is 5.69 Å². The van der Waals surface area contributed by atoms with Gasteiger partial charge >= 0.3 is 6.18 Å². The molecule has 3 aromatic heterocycles. The van der Waals surface area contributed by atoms with Crippen LogP contribution in [0.25, 0.3) is 16.8 Å². The van der Waals surface area contributed by atoms with Gasteiger partial charge in [0, 0.05) is 42.9 Å². The molecule has 2 fully saturated rings. The van der Waals surface area contributed by atoms with Gasteiger partial charge in [0.15, 0.2) is 0 Å². The van der Waals surface area contributed by atoms with Crippen molar-refractivity contribution in [1.82, 2.24) is 24.3 Å². The van der Waals surface area contributed by atoms with Crippen molar-refractivity contribution < 1.29 is 23.1 Å². The standard InChI is InChI=1S/C28H27F3N6O2/c1-27(39,20-3-2-4-21(34-20)28(29,30)31)18-8-5-16(6-9-18)23-24-25(32)33-13-14-36(24)26(35-23)17-7-10-19-11-12-22(38)37(19)15-17/h2-6,8-9,13-14,17,19,39H,7,10-12,15H2,1H3,(H2,32,33)/t17-,19+,27?/m1/s1. The number of benzene rings is 1. The second-order valence-electron chi connectivity index (χ2n) is 10.4. The number of nitrogens with two attached hydrogens (primary N) is 1. The summed E-state index contributed by atoms with van der Waals surface area (Å²) in [5.41, 5.74) is 5.68. The van der Waals surface area contributed by atoms with E-state index in [1.807, 2.05) is 15.5 Å². The number of halogens is 3. The number of carbonyl (C=O) groups excluding carboxylic acids is 1. The minimum Gasteiger partial charge on any atom is -0.382 e. The topological polar surface area (TPSA) is 110 Å². The van der Waals surface area contributed by atoms with Gasteiger partial charge in [-0.05, 0) is 43.9 Å². The van der Waals surface area contributed by atoms with E-state index in [1.165, 1.54) is 19.1 Å². The van der Waals surface area contributed by atoms with E-state index < -0.39 is 17.5 Å². The van der Waals surface area contributed by atoms with E-state index in [-0.39, 0.29) is 17.5 Å². The van der Waals surface area contributed by atoms with Gasteiger partial charge in [-0.15, -0.1) is 0 Å². The van der Waals surface area contributed by atoms with Crippen LogP contribution in [0.5, 0.6) is 0 Å². The third kappa shape index (κ3) is 4.30. The largest absolute Gasteiger partial charge is 0.433 e. The predicted octanol–water partition coefficient (Wildman–Crippen LogP) is 4.52. The fourth-order valence-corrected chi connectivity index (χ4v) is 5.82. The maximum absolute atomic E-state index is 13.2. The van der Waals surface area contributed by atoms with Crippen LogP contribution >= 0.6 is 0 Å². The Balaban J connectivity index is 1.36. The fourth-order valence-electron chi connectivity index (χ4n) is 5.82. The Morgan fingerprint density at radius 3 is 2.51 bits per heavy atom. The number of piperidine rings is 1. The van der Waals surface area contributed by atoms with Crippen LogP contribution in [0, 0.1) is 0 Å². The Hall–Kier alpha value is -3.99. The average Bonchev–Trinajstić information content (AvgIpc) is 3.50. The minimum absolute atomic E-state index is 0.0401. The molecule has 1 unspecified atom stereocenters. The molecule has 1 amide bonds. The van der Waals surface area contributed by atoms with Gasteiger partial charge in [0.2, 0.25) is 5.91 Å². The summed E-state index contributed by atoms with van der Waals surface area (Å²) < 4.78 is 41.5. The number of alkyl halides is 3. The number of pyridine rings is 1. The zero-order valence-corrected chi connectivity index (χ0v) is 21.2. The van der Waals surface area contributed by atoms with E-state index in [2.05, 4.69) is 9.97 Å². The van der Waals surface area contributed by atoms with Crippen molar-refractivity contribution in [3.63, 3.8) is 0 Å².